The summed E-state index contributed by atoms with van der Waals surface area (Å²) >= 11 is 0. The lowest BCUT2D eigenvalue weighted by Gasteiger charge is -2.04. The van der Waals surface area contributed by atoms with Crippen molar-refractivity contribution in [2.24, 2.45) is 0 Å². The zero-order valence-electron chi connectivity index (χ0n) is 6.65. The molecule has 0 aliphatic carbocycles. The summed E-state index contributed by atoms with van der Waals surface area (Å²) in [6.45, 7) is 0. The molecule has 1 heterocycles. The van der Waals surface area contributed by atoms with Gasteiger partial charge in [0.2, 0.25) is 0 Å². The lowest BCUT2D eigenvalue weighted by molar-refractivity contribution is -0.142. The van der Waals surface area contributed by atoms with E-state index in [0.29, 0.717) is 5.56 Å². The molecule has 1 atom stereocenters. The Morgan fingerprint density at radius 2 is 2.67 bits per heavy atom. The number of esters is 1. The van der Waals surface area contributed by atoms with Crippen LogP contribution in [0, 0.1) is 0 Å². The summed E-state index contributed by atoms with van der Waals surface area (Å²) in [6.07, 6.45) is 2.12. The van der Waals surface area contributed by atoms with Gasteiger partial charge in [-0.15, -0.1) is 0 Å². The number of ether oxygens (including phenoxy) is 1. The van der Waals surface area contributed by atoms with Crippen molar-refractivity contribution in [2.45, 2.75) is 12.5 Å². The highest BCUT2D eigenvalue weighted by molar-refractivity contribution is 5.69. The van der Waals surface area contributed by atoms with Gasteiger partial charge in [-0.1, -0.05) is 0 Å². The number of hydrogen-bond acceptors (Lipinski definition) is 4. The quantitative estimate of drug-likeness (QED) is 0.626. The van der Waals surface area contributed by atoms with Gasteiger partial charge in [-0.25, -0.2) is 0 Å². The summed E-state index contributed by atoms with van der Waals surface area (Å²) in [7, 11) is 1.28. The number of nitrogens with zero attached hydrogens (tertiary/aromatic N) is 1. The summed E-state index contributed by atoms with van der Waals surface area (Å²) < 4.78 is 4.39. The first-order valence-corrected chi connectivity index (χ1v) is 3.47. The van der Waals surface area contributed by atoms with Gasteiger partial charge in [-0.3, -0.25) is 9.89 Å². The van der Waals surface area contributed by atoms with Crippen molar-refractivity contribution < 1.29 is 14.6 Å². The third-order valence-corrected chi connectivity index (χ3v) is 1.49. The Balaban J connectivity index is 2.49. The van der Waals surface area contributed by atoms with E-state index in [1.807, 2.05) is 0 Å². The van der Waals surface area contributed by atoms with E-state index in [1.165, 1.54) is 19.5 Å². The van der Waals surface area contributed by atoms with E-state index in [-0.39, 0.29) is 6.42 Å². The zero-order chi connectivity index (χ0) is 8.97. The number of aliphatic hydroxyl groups excluding tert-OH is 1. The summed E-state index contributed by atoms with van der Waals surface area (Å²) in [6, 6.07) is 0. The second kappa shape index (κ2) is 3.87. The lowest BCUT2D eigenvalue weighted by atomic mass is 10.1. The molecule has 0 aliphatic heterocycles. The Hall–Kier alpha value is -1.36. The number of hydrogen-bond donors (Lipinski definition) is 2. The average molecular weight is 170 g/mol. The first-order valence-electron chi connectivity index (χ1n) is 3.47. The van der Waals surface area contributed by atoms with E-state index in [0.717, 1.165) is 0 Å². The summed E-state index contributed by atoms with van der Waals surface area (Å²) in [5.41, 5.74) is 0.584. The monoisotopic (exact) mass is 170 g/mol. The van der Waals surface area contributed by atoms with Crippen LogP contribution in [0.2, 0.25) is 0 Å². The number of rotatable bonds is 3. The van der Waals surface area contributed by atoms with Crippen molar-refractivity contribution in [3.05, 3.63) is 18.0 Å². The Morgan fingerprint density at radius 1 is 1.92 bits per heavy atom. The Labute approximate surface area is 69.4 Å². The van der Waals surface area contributed by atoms with Gasteiger partial charge in [0.25, 0.3) is 0 Å². The van der Waals surface area contributed by atoms with E-state index < -0.39 is 12.1 Å². The summed E-state index contributed by atoms with van der Waals surface area (Å²) in [5, 5.41) is 15.5. The number of aromatic nitrogens is 2. The molecule has 66 valence electrons. The zero-order valence-corrected chi connectivity index (χ0v) is 6.65. The fourth-order valence-electron chi connectivity index (χ4n) is 0.802. The topological polar surface area (TPSA) is 75.2 Å². The number of methoxy groups -OCH3 is 1. The van der Waals surface area contributed by atoms with Crippen LogP contribution in [-0.4, -0.2) is 28.4 Å². The van der Waals surface area contributed by atoms with Crippen molar-refractivity contribution in [3.8, 4) is 0 Å². The van der Waals surface area contributed by atoms with Crippen molar-refractivity contribution in [2.75, 3.05) is 7.11 Å². The molecule has 0 bridgehead atoms. The largest absolute Gasteiger partial charge is 0.469 e. The van der Waals surface area contributed by atoms with Gasteiger partial charge >= 0.3 is 5.97 Å². The highest BCUT2D eigenvalue weighted by Crippen LogP contribution is 2.14. The van der Waals surface area contributed by atoms with Gasteiger partial charge in [0.15, 0.2) is 0 Å². The van der Waals surface area contributed by atoms with Crippen molar-refractivity contribution in [3.63, 3.8) is 0 Å². The third-order valence-electron chi connectivity index (χ3n) is 1.49. The molecule has 0 saturated carbocycles. The molecule has 0 unspecified atom stereocenters. The van der Waals surface area contributed by atoms with Crippen LogP contribution in [0.3, 0.4) is 0 Å². The first kappa shape index (κ1) is 8.73. The smallest absolute Gasteiger partial charge is 0.308 e. The Morgan fingerprint density at radius 3 is 3.17 bits per heavy atom. The van der Waals surface area contributed by atoms with E-state index in [2.05, 4.69) is 14.9 Å². The number of aromatic amines is 1. The van der Waals surface area contributed by atoms with Crippen LogP contribution in [-0.2, 0) is 9.53 Å². The second-order valence-corrected chi connectivity index (χ2v) is 2.33. The molecule has 0 spiro atoms. The second-order valence-electron chi connectivity index (χ2n) is 2.33. The fraction of sp³-hybridized carbons (Fsp3) is 0.429. The van der Waals surface area contributed by atoms with Gasteiger partial charge in [0.05, 0.1) is 25.8 Å². The van der Waals surface area contributed by atoms with E-state index in [9.17, 15) is 9.90 Å². The van der Waals surface area contributed by atoms with E-state index in [4.69, 9.17) is 0 Å². The summed E-state index contributed by atoms with van der Waals surface area (Å²) in [5.74, 6) is -0.441. The molecule has 1 rings (SSSR count). The van der Waals surface area contributed by atoms with Crippen LogP contribution in [0.25, 0.3) is 0 Å². The molecule has 2 N–H and O–H groups in total. The van der Waals surface area contributed by atoms with Crippen LogP contribution in [0.15, 0.2) is 12.4 Å². The molecular formula is C7H10N2O3. The molecule has 0 amide bonds. The maximum absolute atomic E-state index is 10.7. The molecule has 5 heteroatoms. The van der Waals surface area contributed by atoms with Gasteiger partial charge in [0.1, 0.15) is 0 Å². The SMILES string of the molecule is COC(=O)C[C@@H](O)c1cn[nH]c1. The maximum Gasteiger partial charge on any atom is 0.308 e. The Kier molecular flexibility index (Phi) is 2.82. The number of aliphatic hydroxyl groups is 1. The van der Waals surface area contributed by atoms with Crippen LogP contribution in [0.5, 0.6) is 0 Å². The molecule has 1 aromatic rings. The Bertz CT molecular complexity index is 245. The number of H-pyrrole nitrogens is 1. The highest BCUT2D eigenvalue weighted by atomic mass is 16.5. The number of carbonyl (C=O) groups is 1. The fourth-order valence-corrected chi connectivity index (χ4v) is 0.802. The maximum atomic E-state index is 10.7. The average Bonchev–Trinajstić information content (AvgIpc) is 2.56. The minimum atomic E-state index is -0.837. The standard InChI is InChI=1S/C7H10N2O3/c1-12-7(11)2-6(10)5-3-8-9-4-5/h3-4,6,10H,2H2,1H3,(H,8,9)/t6-/m1/s1. The van der Waals surface area contributed by atoms with E-state index >= 15 is 0 Å². The molecule has 0 saturated heterocycles. The van der Waals surface area contributed by atoms with Crippen molar-refractivity contribution in [1.29, 1.82) is 0 Å². The minimum absolute atomic E-state index is 0.0456. The first-order chi connectivity index (χ1) is 5.74. The molecule has 12 heavy (non-hydrogen) atoms. The normalized spacial score (nSPS) is 12.5. The van der Waals surface area contributed by atoms with E-state index in [1.54, 1.807) is 0 Å². The minimum Gasteiger partial charge on any atom is -0.469 e. The predicted octanol–water partition coefficient (Wildman–Crippen LogP) is 0.00620. The van der Waals surface area contributed by atoms with Crippen LogP contribution in [0.4, 0.5) is 0 Å². The number of carbonyl (C=O) groups excluding carboxylic acids is 1. The molecule has 5 nitrogen and oxygen atoms in total. The molecule has 0 aromatic carbocycles. The molecule has 0 aliphatic rings. The molecule has 0 radical (unpaired) electrons. The van der Waals surface area contributed by atoms with Gasteiger partial charge < -0.3 is 9.84 Å². The molecule has 1 aromatic heterocycles. The van der Waals surface area contributed by atoms with Crippen LogP contribution < -0.4 is 0 Å². The molecule has 0 fully saturated rings. The van der Waals surface area contributed by atoms with Gasteiger partial charge in [0, 0.05) is 11.8 Å². The summed E-state index contributed by atoms with van der Waals surface area (Å²) in [4.78, 5) is 10.7. The predicted molar refractivity (Wildman–Crippen MR) is 40.2 cm³/mol. The van der Waals surface area contributed by atoms with Crippen molar-refractivity contribution in [1.82, 2.24) is 10.2 Å². The lowest BCUT2D eigenvalue weighted by Crippen LogP contribution is -2.07. The molecular weight excluding hydrogens is 160 g/mol. The highest BCUT2D eigenvalue weighted by Gasteiger charge is 2.13. The number of nitrogens with one attached hydrogen (secondary N) is 1. The van der Waals surface area contributed by atoms with Crippen molar-refractivity contribution >= 4 is 5.97 Å². The van der Waals surface area contributed by atoms with Gasteiger partial charge in [-0.2, -0.15) is 5.10 Å². The van der Waals surface area contributed by atoms with Crippen LogP contribution in [0.1, 0.15) is 18.1 Å². The van der Waals surface area contributed by atoms with Crippen LogP contribution >= 0.6 is 0 Å². The van der Waals surface area contributed by atoms with Gasteiger partial charge in [-0.05, 0) is 0 Å². The third kappa shape index (κ3) is 2.06.